The van der Waals surface area contributed by atoms with Crippen molar-refractivity contribution in [3.05, 3.63) is 65.5 Å². The molecule has 1 atom stereocenters. The van der Waals surface area contributed by atoms with Gasteiger partial charge in [0.05, 0.1) is 18.4 Å². The number of halogens is 2. The first-order valence-electron chi connectivity index (χ1n) is 10.8. The number of benzene rings is 2. The number of Topliss-reactive ketones (excluding diaryl/α,β-unsaturated/α-hetero) is 1. The minimum atomic E-state index is -0.894. The lowest BCUT2D eigenvalue weighted by Gasteiger charge is -2.36. The number of para-hydroxylation sites is 2. The highest BCUT2D eigenvalue weighted by atomic mass is 19.1. The number of nitrogens with zero attached hydrogens (tertiary/aromatic N) is 6. The van der Waals surface area contributed by atoms with Crippen LogP contribution in [0.4, 0.5) is 14.5 Å². The second-order valence-corrected chi connectivity index (χ2v) is 7.95. The summed E-state index contributed by atoms with van der Waals surface area (Å²) in [5.41, 5.74) is 0.904. The van der Waals surface area contributed by atoms with Gasteiger partial charge in [-0.05, 0) is 41.6 Å². The summed E-state index contributed by atoms with van der Waals surface area (Å²) in [4.78, 5) is 17.4. The second-order valence-electron chi connectivity index (χ2n) is 7.95. The Morgan fingerprint density at radius 3 is 2.61 bits per heavy atom. The Hall–Kier alpha value is -3.40. The fraction of sp³-hybridized carbons (Fsp3) is 0.391. The van der Waals surface area contributed by atoms with E-state index in [0.29, 0.717) is 18.3 Å². The van der Waals surface area contributed by atoms with Gasteiger partial charge in [-0.25, -0.2) is 13.5 Å². The van der Waals surface area contributed by atoms with Crippen LogP contribution in [-0.2, 0) is 6.42 Å². The highest BCUT2D eigenvalue weighted by Crippen LogP contribution is 2.28. The molecular formula is C23H26F2N6O2. The predicted octanol–water partition coefficient (Wildman–Crippen LogP) is 2.77. The summed E-state index contributed by atoms with van der Waals surface area (Å²) < 4.78 is 34.1. The van der Waals surface area contributed by atoms with Gasteiger partial charge >= 0.3 is 0 Å². The Labute approximate surface area is 190 Å². The molecule has 1 saturated heterocycles. The van der Waals surface area contributed by atoms with Gasteiger partial charge in [-0.2, -0.15) is 0 Å². The van der Waals surface area contributed by atoms with Gasteiger partial charge in [0.15, 0.2) is 11.6 Å². The van der Waals surface area contributed by atoms with Crippen molar-refractivity contribution >= 4 is 11.5 Å². The average Bonchev–Trinajstić information content (AvgIpc) is 3.31. The third-order valence-corrected chi connectivity index (χ3v) is 5.95. The third-order valence-electron chi connectivity index (χ3n) is 5.95. The summed E-state index contributed by atoms with van der Waals surface area (Å²) >= 11 is 0. The van der Waals surface area contributed by atoms with E-state index in [1.54, 1.807) is 14.0 Å². The van der Waals surface area contributed by atoms with E-state index in [4.69, 9.17) is 4.74 Å². The highest BCUT2D eigenvalue weighted by Gasteiger charge is 2.25. The zero-order valence-corrected chi connectivity index (χ0v) is 18.6. The Morgan fingerprint density at radius 1 is 1.12 bits per heavy atom. The number of methoxy groups -OCH3 is 1. The van der Waals surface area contributed by atoms with Gasteiger partial charge in [0.2, 0.25) is 0 Å². The van der Waals surface area contributed by atoms with Crippen molar-refractivity contribution < 1.29 is 18.3 Å². The summed E-state index contributed by atoms with van der Waals surface area (Å²) in [6.07, 6.45) is 0.547. The average molecular weight is 456 g/mol. The molecule has 2 heterocycles. The Morgan fingerprint density at radius 2 is 1.88 bits per heavy atom. The summed E-state index contributed by atoms with van der Waals surface area (Å²) in [5, 5.41) is 11.7. The molecule has 0 saturated carbocycles. The first-order valence-corrected chi connectivity index (χ1v) is 10.8. The van der Waals surface area contributed by atoms with Crippen LogP contribution in [-0.4, -0.2) is 70.7 Å². The van der Waals surface area contributed by atoms with Crippen molar-refractivity contribution in [1.82, 2.24) is 25.1 Å². The molecule has 0 spiro atoms. The summed E-state index contributed by atoms with van der Waals surface area (Å²) in [5.74, 6) is -0.724. The molecule has 4 rings (SSSR count). The summed E-state index contributed by atoms with van der Waals surface area (Å²) in [6, 6.07) is 10.1. The molecule has 33 heavy (non-hydrogen) atoms. The maximum Gasteiger partial charge on any atom is 0.190 e. The SMILES string of the molecule is COc1ccccc1N1CCN(CCc2nnnn2C(C)C(=O)c2ccc(F)cc2F)CC1. The molecule has 1 aliphatic heterocycles. The van der Waals surface area contributed by atoms with Crippen LogP contribution < -0.4 is 9.64 Å². The first-order chi connectivity index (χ1) is 16.0. The van der Waals surface area contributed by atoms with Crippen LogP contribution in [0.1, 0.15) is 29.1 Å². The molecule has 174 valence electrons. The zero-order valence-electron chi connectivity index (χ0n) is 18.6. The van der Waals surface area contributed by atoms with Gasteiger partial charge in [0, 0.05) is 45.2 Å². The number of carbonyl (C=O) groups excluding carboxylic acids is 1. The smallest absolute Gasteiger partial charge is 0.190 e. The van der Waals surface area contributed by atoms with Crippen molar-refractivity contribution in [2.45, 2.75) is 19.4 Å². The second kappa shape index (κ2) is 10.0. The minimum absolute atomic E-state index is 0.183. The number of rotatable bonds is 8. The third kappa shape index (κ3) is 5.00. The van der Waals surface area contributed by atoms with Crippen LogP contribution in [0.3, 0.4) is 0 Å². The lowest BCUT2D eigenvalue weighted by Crippen LogP contribution is -2.47. The van der Waals surface area contributed by atoms with Gasteiger partial charge in [0.1, 0.15) is 23.4 Å². The quantitative estimate of drug-likeness (QED) is 0.483. The van der Waals surface area contributed by atoms with E-state index >= 15 is 0 Å². The Kier molecular flexibility index (Phi) is 6.93. The minimum Gasteiger partial charge on any atom is -0.495 e. The monoisotopic (exact) mass is 456 g/mol. The normalized spacial score (nSPS) is 15.5. The number of carbonyl (C=O) groups is 1. The van der Waals surface area contributed by atoms with Crippen molar-refractivity contribution in [3.8, 4) is 5.75 Å². The molecule has 2 aromatic carbocycles. The lowest BCUT2D eigenvalue weighted by molar-refractivity contribution is 0.0920. The number of tetrazole rings is 1. The molecule has 0 radical (unpaired) electrons. The molecule has 0 aliphatic carbocycles. The number of hydrogen-bond acceptors (Lipinski definition) is 7. The Bertz CT molecular complexity index is 1110. The van der Waals surface area contributed by atoms with Gasteiger partial charge < -0.3 is 9.64 Å². The number of piperazine rings is 1. The van der Waals surface area contributed by atoms with Gasteiger partial charge in [-0.3, -0.25) is 9.69 Å². The lowest BCUT2D eigenvalue weighted by atomic mass is 10.0. The van der Waals surface area contributed by atoms with Crippen LogP contribution in [0.5, 0.6) is 5.75 Å². The fourth-order valence-corrected chi connectivity index (χ4v) is 4.06. The molecule has 10 heteroatoms. The van der Waals surface area contributed by atoms with Crippen LogP contribution in [0.15, 0.2) is 42.5 Å². The van der Waals surface area contributed by atoms with Crippen molar-refractivity contribution in [2.75, 3.05) is 44.7 Å². The van der Waals surface area contributed by atoms with E-state index in [-0.39, 0.29) is 5.56 Å². The molecule has 1 aromatic heterocycles. The van der Waals surface area contributed by atoms with Crippen molar-refractivity contribution in [2.24, 2.45) is 0 Å². The number of aromatic nitrogens is 4. The topological polar surface area (TPSA) is 76.4 Å². The van der Waals surface area contributed by atoms with E-state index in [0.717, 1.165) is 56.3 Å². The molecule has 3 aromatic rings. The first kappa shape index (κ1) is 22.8. The van der Waals surface area contributed by atoms with Crippen LogP contribution >= 0.6 is 0 Å². The van der Waals surface area contributed by atoms with Gasteiger partial charge in [-0.1, -0.05) is 12.1 Å². The molecular weight excluding hydrogens is 430 g/mol. The van der Waals surface area contributed by atoms with Gasteiger partial charge in [-0.15, -0.1) is 5.10 Å². The number of ether oxygens (including phenoxy) is 1. The molecule has 8 nitrogen and oxygen atoms in total. The van der Waals surface area contributed by atoms with E-state index in [1.165, 1.54) is 4.68 Å². The van der Waals surface area contributed by atoms with E-state index < -0.39 is 23.5 Å². The molecule has 0 bridgehead atoms. The molecule has 0 N–H and O–H groups in total. The standard InChI is InChI=1S/C23H26F2N6O2/c1-16(23(32)18-8-7-17(24)15-19(18)25)31-22(26-27-28-31)9-10-29-11-13-30(14-12-29)20-5-3-4-6-21(20)33-2/h3-8,15-16H,9-14H2,1-2H3. The number of hydrogen-bond donors (Lipinski definition) is 0. The largest absolute Gasteiger partial charge is 0.495 e. The molecule has 1 fully saturated rings. The Balaban J connectivity index is 1.35. The van der Waals surface area contributed by atoms with E-state index in [9.17, 15) is 13.6 Å². The van der Waals surface area contributed by atoms with Crippen LogP contribution in [0, 0.1) is 11.6 Å². The maximum absolute atomic E-state index is 14.1. The number of anilines is 1. The summed E-state index contributed by atoms with van der Waals surface area (Å²) in [7, 11) is 1.68. The summed E-state index contributed by atoms with van der Waals surface area (Å²) in [6.45, 7) is 5.81. The van der Waals surface area contributed by atoms with E-state index in [1.807, 2.05) is 18.2 Å². The van der Waals surface area contributed by atoms with Crippen molar-refractivity contribution in [1.29, 1.82) is 0 Å². The fourth-order valence-electron chi connectivity index (χ4n) is 4.06. The van der Waals surface area contributed by atoms with Crippen LogP contribution in [0.25, 0.3) is 0 Å². The predicted molar refractivity (Wildman–Crippen MR) is 119 cm³/mol. The highest BCUT2D eigenvalue weighted by molar-refractivity contribution is 5.98. The molecule has 1 aliphatic rings. The van der Waals surface area contributed by atoms with Crippen LogP contribution in [0.2, 0.25) is 0 Å². The van der Waals surface area contributed by atoms with Gasteiger partial charge in [0.25, 0.3) is 0 Å². The van der Waals surface area contributed by atoms with E-state index in [2.05, 4.69) is 31.4 Å². The van der Waals surface area contributed by atoms with Crippen molar-refractivity contribution in [3.63, 3.8) is 0 Å². The molecule has 0 amide bonds. The number of ketones is 1. The molecule has 1 unspecified atom stereocenters. The zero-order chi connectivity index (χ0) is 23.4. The maximum atomic E-state index is 14.1.